The molecule has 0 unspecified atom stereocenters. The van der Waals surface area contributed by atoms with Gasteiger partial charge >= 0.3 is 0 Å². The number of sulfonamides is 1. The van der Waals surface area contributed by atoms with E-state index in [-0.39, 0.29) is 28.7 Å². The number of benzene rings is 1. The maximum atomic E-state index is 12.8. The quantitative estimate of drug-likeness (QED) is 0.602. The van der Waals surface area contributed by atoms with Crippen LogP contribution in [0.3, 0.4) is 0 Å². The van der Waals surface area contributed by atoms with E-state index in [1.54, 1.807) is 0 Å². The molecule has 1 aromatic carbocycles. The van der Waals surface area contributed by atoms with Gasteiger partial charge in [0.15, 0.2) is 0 Å². The van der Waals surface area contributed by atoms with Crippen molar-refractivity contribution in [2.45, 2.75) is 13.5 Å². The first-order chi connectivity index (χ1) is 13.3. The van der Waals surface area contributed by atoms with Crippen LogP contribution in [0.1, 0.15) is 23.2 Å². The lowest BCUT2D eigenvalue weighted by Gasteiger charge is -2.19. The zero-order valence-electron chi connectivity index (χ0n) is 15.0. The molecule has 0 saturated carbocycles. The van der Waals surface area contributed by atoms with E-state index in [9.17, 15) is 13.2 Å². The molecule has 0 fully saturated rings. The highest BCUT2D eigenvalue weighted by molar-refractivity contribution is 7.92. The van der Waals surface area contributed by atoms with Crippen molar-refractivity contribution >= 4 is 44.6 Å². The third kappa shape index (κ3) is 4.89. The second-order valence-corrected chi connectivity index (χ2v) is 8.98. The molecule has 148 valence electrons. The summed E-state index contributed by atoms with van der Waals surface area (Å²) in [6.07, 6.45) is 1.04. The molecular formula is C17H17ClN4O4S2. The first-order valence-corrected chi connectivity index (χ1v) is 11.3. The van der Waals surface area contributed by atoms with Crippen LogP contribution >= 0.6 is 22.9 Å². The molecule has 3 aromatic rings. The molecule has 1 N–H and O–H groups in total. The van der Waals surface area contributed by atoms with Gasteiger partial charge in [0.1, 0.15) is 6.54 Å². The zero-order valence-corrected chi connectivity index (χ0v) is 17.4. The number of anilines is 1. The van der Waals surface area contributed by atoms with Gasteiger partial charge in [0.2, 0.25) is 21.7 Å². The second kappa shape index (κ2) is 8.29. The van der Waals surface area contributed by atoms with Crippen LogP contribution in [0.15, 0.2) is 40.2 Å². The fraction of sp³-hybridized carbons (Fsp3) is 0.235. The summed E-state index contributed by atoms with van der Waals surface area (Å²) < 4.78 is 30.2. The Kier molecular flexibility index (Phi) is 6.01. The van der Waals surface area contributed by atoms with Crippen molar-refractivity contribution in [1.82, 2.24) is 15.0 Å². The zero-order chi connectivity index (χ0) is 20.3. The van der Waals surface area contributed by atoms with Crippen molar-refractivity contribution < 1.29 is 17.7 Å². The molecule has 11 heteroatoms. The van der Waals surface area contributed by atoms with Gasteiger partial charge in [0.05, 0.1) is 21.7 Å². The smallest absolute Gasteiger partial charge is 0.255 e. The molecule has 1 amide bonds. The number of hydrogen-bond donors (Lipinski definition) is 1. The monoisotopic (exact) mass is 440 g/mol. The van der Waals surface area contributed by atoms with Crippen molar-refractivity contribution in [2.75, 3.05) is 17.5 Å². The van der Waals surface area contributed by atoms with Crippen LogP contribution in [0.25, 0.3) is 10.7 Å². The molecule has 0 aliphatic rings. The summed E-state index contributed by atoms with van der Waals surface area (Å²) in [5.41, 5.74) is 0.533. The highest BCUT2D eigenvalue weighted by Crippen LogP contribution is 2.25. The summed E-state index contributed by atoms with van der Waals surface area (Å²) in [5.74, 6) is 0.460. The number of nitrogens with one attached hydrogen (secondary N) is 1. The Morgan fingerprint density at radius 2 is 2.14 bits per heavy atom. The molecule has 8 nitrogen and oxygen atoms in total. The van der Waals surface area contributed by atoms with E-state index < -0.39 is 10.0 Å². The van der Waals surface area contributed by atoms with Crippen molar-refractivity contribution in [3.63, 3.8) is 0 Å². The van der Waals surface area contributed by atoms with E-state index >= 15 is 0 Å². The molecule has 0 bridgehead atoms. The number of halogens is 1. The first kappa shape index (κ1) is 20.3. The molecule has 0 atom stereocenters. The highest BCUT2D eigenvalue weighted by atomic mass is 35.5. The lowest BCUT2D eigenvalue weighted by atomic mass is 10.1. The topological polar surface area (TPSA) is 105 Å². The maximum absolute atomic E-state index is 12.8. The van der Waals surface area contributed by atoms with Gasteiger partial charge < -0.3 is 9.42 Å². The summed E-state index contributed by atoms with van der Waals surface area (Å²) in [4.78, 5) is 19.6. The summed E-state index contributed by atoms with van der Waals surface area (Å²) in [6, 6.07) is 8.13. The standard InChI is InChI=1S/C17H17ClN4O4S2/c1-3-22(10-15-19-16(20-26-15)14-5-4-8-27-14)17(23)12-7-6-11(9-13(12)18)21-28(2,24)25/h4-9,21H,3,10H2,1-2H3. The Labute approximate surface area is 171 Å². The minimum absolute atomic E-state index is 0.132. The lowest BCUT2D eigenvalue weighted by Crippen LogP contribution is -2.30. The number of thiophene rings is 1. The van der Waals surface area contributed by atoms with E-state index in [1.165, 1.54) is 34.4 Å². The molecule has 2 aromatic heterocycles. The van der Waals surface area contributed by atoms with Crippen molar-refractivity contribution in [2.24, 2.45) is 0 Å². The van der Waals surface area contributed by atoms with E-state index in [2.05, 4.69) is 14.9 Å². The molecule has 3 rings (SSSR count). The molecule has 2 heterocycles. The largest absolute Gasteiger partial charge is 0.337 e. The van der Waals surface area contributed by atoms with E-state index in [4.69, 9.17) is 16.1 Å². The van der Waals surface area contributed by atoms with E-state index in [1.807, 2.05) is 24.4 Å². The molecule has 0 radical (unpaired) electrons. The average molecular weight is 441 g/mol. The van der Waals surface area contributed by atoms with Crippen molar-refractivity contribution in [1.29, 1.82) is 0 Å². The van der Waals surface area contributed by atoms with Crippen LogP contribution in [0.5, 0.6) is 0 Å². The number of carbonyl (C=O) groups excluding carboxylic acids is 1. The molecule has 0 aliphatic carbocycles. The van der Waals surface area contributed by atoms with Gasteiger partial charge in [-0.15, -0.1) is 11.3 Å². The Morgan fingerprint density at radius 3 is 2.75 bits per heavy atom. The Bertz CT molecular complexity index is 1080. The summed E-state index contributed by atoms with van der Waals surface area (Å²) in [6.45, 7) is 2.35. The number of amides is 1. The number of aromatic nitrogens is 2. The van der Waals surface area contributed by atoms with Gasteiger partial charge in [-0.2, -0.15) is 4.98 Å². The minimum atomic E-state index is -3.44. The Balaban J connectivity index is 1.76. The molecule has 28 heavy (non-hydrogen) atoms. The van der Waals surface area contributed by atoms with E-state index in [0.717, 1.165) is 11.1 Å². The number of nitrogens with zero attached hydrogens (tertiary/aromatic N) is 3. The van der Waals surface area contributed by atoms with Crippen LogP contribution in [0.2, 0.25) is 5.02 Å². The van der Waals surface area contributed by atoms with Crippen molar-refractivity contribution in [3.05, 3.63) is 52.2 Å². The van der Waals surface area contributed by atoms with E-state index in [0.29, 0.717) is 18.3 Å². The Hall–Kier alpha value is -2.43. The number of carbonyl (C=O) groups is 1. The molecule has 0 spiro atoms. The first-order valence-electron chi connectivity index (χ1n) is 8.20. The maximum Gasteiger partial charge on any atom is 0.255 e. The predicted molar refractivity (Wildman–Crippen MR) is 108 cm³/mol. The summed E-state index contributed by atoms with van der Waals surface area (Å²) in [5, 5.41) is 5.99. The van der Waals surface area contributed by atoms with Crippen LogP contribution < -0.4 is 4.72 Å². The minimum Gasteiger partial charge on any atom is -0.337 e. The van der Waals surface area contributed by atoms with Gasteiger partial charge in [-0.05, 0) is 36.6 Å². The number of hydrogen-bond acceptors (Lipinski definition) is 7. The lowest BCUT2D eigenvalue weighted by molar-refractivity contribution is 0.0734. The summed E-state index contributed by atoms with van der Waals surface area (Å²) >= 11 is 7.69. The molecular weight excluding hydrogens is 424 g/mol. The second-order valence-electron chi connectivity index (χ2n) is 5.88. The van der Waals surface area contributed by atoms with Gasteiger partial charge in [0.25, 0.3) is 5.91 Å². The van der Waals surface area contributed by atoms with Crippen LogP contribution in [0, 0.1) is 0 Å². The van der Waals surface area contributed by atoms with Crippen LogP contribution in [0.4, 0.5) is 5.69 Å². The Morgan fingerprint density at radius 1 is 1.36 bits per heavy atom. The predicted octanol–water partition coefficient (Wildman–Crippen LogP) is 3.49. The third-order valence-corrected chi connectivity index (χ3v) is 5.49. The fourth-order valence-electron chi connectivity index (χ4n) is 2.45. The van der Waals surface area contributed by atoms with Gasteiger partial charge in [-0.25, -0.2) is 8.42 Å². The van der Waals surface area contributed by atoms with Gasteiger partial charge in [-0.3, -0.25) is 9.52 Å². The normalized spacial score (nSPS) is 11.4. The van der Waals surface area contributed by atoms with Crippen molar-refractivity contribution in [3.8, 4) is 10.7 Å². The van der Waals surface area contributed by atoms with Crippen LogP contribution in [-0.2, 0) is 16.6 Å². The van der Waals surface area contributed by atoms with Gasteiger partial charge in [-0.1, -0.05) is 22.8 Å². The fourth-order valence-corrected chi connectivity index (χ4v) is 3.92. The van der Waals surface area contributed by atoms with Gasteiger partial charge in [0, 0.05) is 12.2 Å². The van der Waals surface area contributed by atoms with Crippen LogP contribution in [-0.4, -0.2) is 42.2 Å². The third-order valence-electron chi connectivity index (χ3n) is 3.71. The molecule has 0 aliphatic heterocycles. The average Bonchev–Trinajstić information content (AvgIpc) is 3.29. The number of rotatable bonds is 7. The molecule has 0 saturated heterocycles. The highest BCUT2D eigenvalue weighted by Gasteiger charge is 2.21. The summed E-state index contributed by atoms with van der Waals surface area (Å²) in [7, 11) is -3.44. The SMILES string of the molecule is CCN(Cc1nc(-c2cccs2)no1)C(=O)c1ccc(NS(C)(=O)=O)cc1Cl.